The summed E-state index contributed by atoms with van der Waals surface area (Å²) in [5, 5.41) is 26.8. The maximum atomic E-state index is 14.0. The molecule has 2 aliphatic rings. The van der Waals surface area contributed by atoms with Crippen LogP contribution in [0.25, 0.3) is 5.69 Å². The third-order valence-corrected chi connectivity index (χ3v) is 7.52. The summed E-state index contributed by atoms with van der Waals surface area (Å²) in [5.41, 5.74) is 3.28. The number of nitrogens with one attached hydrogen (secondary N) is 1. The van der Waals surface area contributed by atoms with Gasteiger partial charge in [0.2, 0.25) is 11.8 Å². The second-order valence-electron chi connectivity index (χ2n) is 12.2. The summed E-state index contributed by atoms with van der Waals surface area (Å²) < 4.78 is 3.54. The number of rotatable bonds is 8. The molecule has 0 radical (unpaired) electrons. The highest BCUT2D eigenvalue weighted by molar-refractivity contribution is 5.90. The number of carbonyl (C=O) groups is 2. The lowest BCUT2D eigenvalue weighted by Crippen LogP contribution is -2.52. The van der Waals surface area contributed by atoms with Gasteiger partial charge < -0.3 is 15.3 Å². The van der Waals surface area contributed by atoms with Crippen molar-refractivity contribution in [3.05, 3.63) is 59.7 Å². The van der Waals surface area contributed by atoms with Crippen molar-refractivity contribution in [2.24, 2.45) is 5.41 Å². The van der Waals surface area contributed by atoms with Gasteiger partial charge in [0.1, 0.15) is 12.1 Å². The molecular weight excluding hydrogens is 494 g/mol. The second kappa shape index (κ2) is 10.6. The first kappa shape index (κ1) is 27.1. The minimum absolute atomic E-state index is 0.113. The van der Waals surface area contributed by atoms with Crippen LogP contribution in [0.5, 0.6) is 0 Å². The molecule has 10 heteroatoms. The van der Waals surface area contributed by atoms with Crippen molar-refractivity contribution < 1.29 is 14.7 Å². The van der Waals surface area contributed by atoms with E-state index in [1.54, 1.807) is 4.68 Å². The van der Waals surface area contributed by atoms with E-state index in [0.29, 0.717) is 12.3 Å². The van der Waals surface area contributed by atoms with Gasteiger partial charge in [-0.05, 0) is 50.3 Å². The molecule has 4 atom stereocenters. The maximum absolute atomic E-state index is 14.0. The van der Waals surface area contributed by atoms with Gasteiger partial charge in [-0.2, -0.15) is 5.10 Å². The molecule has 2 fully saturated rings. The first-order chi connectivity index (χ1) is 18.5. The molecule has 1 unspecified atom stereocenters. The van der Waals surface area contributed by atoms with Crippen LogP contribution in [-0.4, -0.2) is 71.3 Å². The molecule has 0 bridgehead atoms. The van der Waals surface area contributed by atoms with Gasteiger partial charge in [0.15, 0.2) is 0 Å². The number of aromatic nitrogens is 5. The monoisotopic (exact) mass is 533 g/mol. The number of aryl methyl sites for hydroxylation is 1. The van der Waals surface area contributed by atoms with Crippen LogP contribution in [0, 0.1) is 12.3 Å². The van der Waals surface area contributed by atoms with Crippen molar-refractivity contribution in [3.8, 4) is 5.69 Å². The Kier molecular flexibility index (Phi) is 7.33. The number of β-amino-alcohol motifs (C(OH)–C–C–N with tert-alkyl or cyclic N) is 1. The Morgan fingerprint density at radius 1 is 1.18 bits per heavy atom. The number of hydrogen-bond donors (Lipinski definition) is 2. The van der Waals surface area contributed by atoms with E-state index in [1.807, 2.05) is 81.9 Å². The Morgan fingerprint density at radius 2 is 1.90 bits per heavy atom. The van der Waals surface area contributed by atoms with Crippen LogP contribution < -0.4 is 5.32 Å². The molecule has 3 aromatic rings. The number of aliphatic hydroxyl groups is 1. The average Bonchev–Trinajstić information content (AvgIpc) is 3.29. The number of nitrogens with zero attached hydrogens (tertiary/aromatic N) is 6. The minimum atomic E-state index is -0.763. The molecule has 1 aliphatic carbocycles. The van der Waals surface area contributed by atoms with Crippen LogP contribution in [0.3, 0.4) is 0 Å². The van der Waals surface area contributed by atoms with Crippen LogP contribution in [0.2, 0.25) is 0 Å². The fraction of sp³-hybridized carbons (Fsp3) is 0.552. The number of carbonyl (C=O) groups excluding carboxylic acids is 2. The summed E-state index contributed by atoms with van der Waals surface area (Å²) in [6, 6.07) is 10.3. The molecule has 1 saturated carbocycles. The molecule has 1 aliphatic heterocycles. The van der Waals surface area contributed by atoms with Gasteiger partial charge in [-0.3, -0.25) is 9.59 Å². The van der Waals surface area contributed by atoms with Gasteiger partial charge in [-0.15, -0.1) is 5.10 Å². The topological polar surface area (TPSA) is 118 Å². The van der Waals surface area contributed by atoms with Crippen LogP contribution in [-0.2, 0) is 16.0 Å². The van der Waals surface area contributed by atoms with Crippen LogP contribution in [0.4, 0.5) is 0 Å². The van der Waals surface area contributed by atoms with Crippen molar-refractivity contribution in [2.45, 2.75) is 90.4 Å². The van der Waals surface area contributed by atoms with Crippen molar-refractivity contribution >= 4 is 11.8 Å². The van der Waals surface area contributed by atoms with Crippen molar-refractivity contribution in [3.63, 3.8) is 0 Å². The summed E-state index contributed by atoms with van der Waals surface area (Å²) >= 11 is 0. The van der Waals surface area contributed by atoms with Gasteiger partial charge in [-0.25, -0.2) is 9.36 Å². The minimum Gasteiger partial charge on any atom is -0.391 e. The van der Waals surface area contributed by atoms with E-state index in [4.69, 9.17) is 0 Å². The number of amides is 2. The van der Waals surface area contributed by atoms with Crippen molar-refractivity contribution in [1.82, 2.24) is 35.0 Å². The van der Waals surface area contributed by atoms with Gasteiger partial charge in [0.05, 0.1) is 23.2 Å². The quantitative estimate of drug-likeness (QED) is 0.460. The Morgan fingerprint density at radius 3 is 2.56 bits per heavy atom. The molecule has 2 aromatic heterocycles. The van der Waals surface area contributed by atoms with E-state index >= 15 is 0 Å². The molecule has 39 heavy (non-hydrogen) atoms. The SMILES string of the molecule is Cc1cc(CC(C)NC(=O)[C@@H]2C[C@@H](O)CN2C(=O)[C@@H](n2cc(C3CC3)nn2)C(C)(C)C)n(-c2ccccc2)n1. The third-order valence-electron chi connectivity index (χ3n) is 7.52. The molecule has 3 heterocycles. The highest BCUT2D eigenvalue weighted by Gasteiger charge is 2.45. The fourth-order valence-corrected chi connectivity index (χ4v) is 5.52. The standard InChI is InChI=1S/C29H39N7O3/c1-18(13-22-14-19(2)32-36(22)21-9-7-6-8-10-21)30-27(38)25-15-23(37)16-34(25)28(39)26(29(3,4)5)35-17-24(31-33-35)20-11-12-20/h6-10,14,17-18,20,23,25-26,37H,11-13,15-16H2,1-5H3,(H,30,38)/t18?,23-,25+,26-/m1/s1. The van der Waals surface area contributed by atoms with E-state index in [0.717, 1.165) is 35.6 Å². The zero-order valence-electron chi connectivity index (χ0n) is 23.4. The Hall–Kier alpha value is -3.53. The highest BCUT2D eigenvalue weighted by atomic mass is 16.3. The number of para-hydroxylation sites is 1. The van der Waals surface area contributed by atoms with E-state index < -0.39 is 23.6 Å². The van der Waals surface area contributed by atoms with Crippen LogP contribution in [0.15, 0.2) is 42.6 Å². The third kappa shape index (κ3) is 5.90. The van der Waals surface area contributed by atoms with Gasteiger partial charge in [0.25, 0.3) is 0 Å². The number of aliphatic hydroxyl groups excluding tert-OH is 1. The first-order valence-corrected chi connectivity index (χ1v) is 13.8. The zero-order valence-corrected chi connectivity index (χ0v) is 23.4. The Bertz CT molecular complexity index is 1320. The normalized spacial score (nSPS) is 21.1. The van der Waals surface area contributed by atoms with Gasteiger partial charge in [0, 0.05) is 43.2 Å². The molecule has 0 spiro atoms. The largest absolute Gasteiger partial charge is 0.391 e. The molecule has 208 valence electrons. The summed E-state index contributed by atoms with van der Waals surface area (Å²) in [6.45, 7) is 9.95. The summed E-state index contributed by atoms with van der Waals surface area (Å²) in [6.07, 6.45) is 4.06. The van der Waals surface area contributed by atoms with E-state index in [-0.39, 0.29) is 30.8 Å². The lowest BCUT2D eigenvalue weighted by molar-refractivity contribution is -0.144. The second-order valence-corrected chi connectivity index (χ2v) is 12.2. The van der Waals surface area contributed by atoms with Crippen molar-refractivity contribution in [1.29, 1.82) is 0 Å². The Balaban J connectivity index is 1.31. The smallest absolute Gasteiger partial charge is 0.248 e. The molecule has 2 N–H and O–H groups in total. The van der Waals surface area contributed by atoms with Gasteiger partial charge in [-0.1, -0.05) is 44.2 Å². The zero-order chi connectivity index (χ0) is 27.9. The maximum Gasteiger partial charge on any atom is 0.248 e. The lowest BCUT2D eigenvalue weighted by Gasteiger charge is -2.34. The number of likely N-dealkylation sites (tertiary alicyclic amines) is 1. The molecule has 2 amide bonds. The first-order valence-electron chi connectivity index (χ1n) is 13.8. The van der Waals surface area contributed by atoms with Crippen LogP contribution in [0.1, 0.15) is 76.0 Å². The van der Waals surface area contributed by atoms with Gasteiger partial charge >= 0.3 is 0 Å². The molecule has 1 saturated heterocycles. The van der Waals surface area contributed by atoms with E-state index in [1.165, 1.54) is 4.90 Å². The Labute approximate surface area is 229 Å². The summed E-state index contributed by atoms with van der Waals surface area (Å²) in [5.74, 6) is -0.0678. The summed E-state index contributed by atoms with van der Waals surface area (Å²) in [4.78, 5) is 29.0. The molecule has 5 rings (SSSR count). The van der Waals surface area contributed by atoms with Crippen molar-refractivity contribution in [2.75, 3.05) is 6.54 Å². The predicted molar refractivity (Wildman–Crippen MR) is 146 cm³/mol. The number of benzene rings is 1. The fourth-order valence-electron chi connectivity index (χ4n) is 5.52. The number of hydrogen-bond acceptors (Lipinski definition) is 6. The predicted octanol–water partition coefficient (Wildman–Crippen LogP) is 2.95. The molecule has 10 nitrogen and oxygen atoms in total. The summed E-state index contributed by atoms with van der Waals surface area (Å²) in [7, 11) is 0. The lowest BCUT2D eigenvalue weighted by atomic mass is 9.85. The molecule has 1 aromatic carbocycles. The average molecular weight is 534 g/mol. The van der Waals surface area contributed by atoms with E-state index in [9.17, 15) is 14.7 Å². The van der Waals surface area contributed by atoms with Crippen LogP contribution >= 0.6 is 0 Å². The molecular formula is C29H39N7O3. The van der Waals surface area contributed by atoms with E-state index in [2.05, 4.69) is 20.7 Å². The highest BCUT2D eigenvalue weighted by Crippen LogP contribution is 2.40.